The summed E-state index contributed by atoms with van der Waals surface area (Å²) in [7, 11) is 7.05. The summed E-state index contributed by atoms with van der Waals surface area (Å²) in [5, 5.41) is 31.0. The van der Waals surface area contributed by atoms with E-state index in [0.29, 0.717) is 34.2 Å². The number of anilines is 1. The lowest BCUT2D eigenvalue weighted by Crippen LogP contribution is -2.21. The number of nitro benzene ring substituents is 1. The summed E-state index contributed by atoms with van der Waals surface area (Å²) in [5.74, 6) is 0.868. The molecule has 188 valence electrons. The number of benzene rings is 3. The summed E-state index contributed by atoms with van der Waals surface area (Å²) in [4.78, 5) is 12.5. The number of ether oxygens (including phenoxy) is 2. The van der Waals surface area contributed by atoms with Gasteiger partial charge < -0.3 is 19.7 Å². The second-order valence-corrected chi connectivity index (χ2v) is 7.76. The van der Waals surface area contributed by atoms with E-state index in [0.717, 1.165) is 25.2 Å². The van der Waals surface area contributed by atoms with E-state index >= 15 is 0 Å². The molecule has 36 heavy (non-hydrogen) atoms. The zero-order chi connectivity index (χ0) is 25.9. The molecule has 0 radical (unpaired) electrons. The predicted octanol–water partition coefficient (Wildman–Crippen LogP) is 6.49. The molecule has 11 nitrogen and oxygen atoms in total. The van der Waals surface area contributed by atoms with Crippen LogP contribution in [0, 0.1) is 10.1 Å². The molecule has 3 aromatic carbocycles. The Kier molecular flexibility index (Phi) is 9.40. The van der Waals surface area contributed by atoms with E-state index in [1.54, 1.807) is 12.1 Å². The van der Waals surface area contributed by atoms with Crippen molar-refractivity contribution in [3.05, 3.63) is 70.8 Å². The largest absolute Gasteiger partial charge is 0.494 e. The number of azo groups is 2. The normalized spacial score (nSPS) is 11.2. The topological polar surface area (TPSA) is 126 Å². The van der Waals surface area contributed by atoms with Gasteiger partial charge in [0.2, 0.25) is 0 Å². The van der Waals surface area contributed by atoms with E-state index < -0.39 is 4.92 Å². The van der Waals surface area contributed by atoms with E-state index in [4.69, 9.17) is 9.47 Å². The van der Waals surface area contributed by atoms with E-state index in [1.807, 2.05) is 31.3 Å². The molecule has 0 saturated carbocycles. The zero-order valence-corrected chi connectivity index (χ0v) is 20.7. The molecule has 0 fully saturated rings. The molecule has 0 unspecified atom stereocenters. The Morgan fingerprint density at radius 2 is 1.36 bits per heavy atom. The first kappa shape index (κ1) is 26.2. The number of methoxy groups -OCH3 is 2. The Morgan fingerprint density at radius 3 is 1.81 bits per heavy atom. The van der Waals surface area contributed by atoms with Crippen LogP contribution in [0.25, 0.3) is 0 Å². The van der Waals surface area contributed by atoms with Crippen LogP contribution in [0.4, 0.5) is 34.1 Å². The fraction of sp³-hybridized carbons (Fsp3) is 0.280. The van der Waals surface area contributed by atoms with Crippen molar-refractivity contribution in [1.82, 2.24) is 5.32 Å². The summed E-state index contributed by atoms with van der Waals surface area (Å²) in [6, 6.07) is 16.9. The summed E-state index contributed by atoms with van der Waals surface area (Å²) in [6.07, 6.45) is 1.06. The van der Waals surface area contributed by atoms with E-state index in [2.05, 4.69) is 37.7 Å². The standard InChI is InChI=1S/C25H29N7O4/c1-26-14-5-15-31(2)20-10-6-18(7-11-20)27-29-22-16-25(36-4)23(17-24(22)35-3)30-28-19-8-12-21(13-9-19)32(33)34/h6-13,16-17,26H,5,14-15H2,1-4H3. The zero-order valence-electron chi connectivity index (χ0n) is 20.7. The van der Waals surface area contributed by atoms with Gasteiger partial charge in [-0.05, 0) is 56.4 Å². The Labute approximate surface area is 209 Å². The lowest BCUT2D eigenvalue weighted by Gasteiger charge is -2.19. The molecule has 0 amide bonds. The minimum absolute atomic E-state index is 0.0194. The average Bonchev–Trinajstić information content (AvgIpc) is 2.91. The predicted molar refractivity (Wildman–Crippen MR) is 139 cm³/mol. The summed E-state index contributed by atoms with van der Waals surface area (Å²) in [5.41, 5.74) is 3.13. The van der Waals surface area contributed by atoms with Crippen molar-refractivity contribution in [2.75, 3.05) is 46.3 Å². The van der Waals surface area contributed by atoms with Gasteiger partial charge >= 0.3 is 0 Å². The number of hydrogen-bond donors (Lipinski definition) is 1. The average molecular weight is 492 g/mol. The van der Waals surface area contributed by atoms with Crippen molar-refractivity contribution in [3.63, 3.8) is 0 Å². The fourth-order valence-corrected chi connectivity index (χ4v) is 3.28. The lowest BCUT2D eigenvalue weighted by atomic mass is 10.2. The number of rotatable bonds is 12. The van der Waals surface area contributed by atoms with Crippen molar-refractivity contribution in [2.24, 2.45) is 20.5 Å². The number of nitrogens with zero attached hydrogens (tertiary/aromatic N) is 6. The molecule has 0 heterocycles. The molecule has 0 atom stereocenters. The maximum Gasteiger partial charge on any atom is 0.269 e. The van der Waals surface area contributed by atoms with Crippen molar-refractivity contribution < 1.29 is 14.4 Å². The minimum atomic E-state index is -0.471. The SMILES string of the molecule is CNCCCN(C)c1ccc(N=Nc2cc(OC)c(N=Nc3ccc([N+](=O)[O-])cc3)cc2OC)cc1. The van der Waals surface area contributed by atoms with Gasteiger partial charge in [-0.2, -0.15) is 10.2 Å². The molecule has 0 bridgehead atoms. The molecule has 3 rings (SSSR count). The van der Waals surface area contributed by atoms with Gasteiger partial charge in [0.25, 0.3) is 5.69 Å². The number of hydrogen-bond acceptors (Lipinski definition) is 10. The molecule has 0 aliphatic heterocycles. The van der Waals surface area contributed by atoms with Crippen LogP contribution in [0.15, 0.2) is 81.1 Å². The van der Waals surface area contributed by atoms with Gasteiger partial charge in [-0.25, -0.2) is 0 Å². The van der Waals surface area contributed by atoms with Crippen LogP contribution >= 0.6 is 0 Å². The van der Waals surface area contributed by atoms with Crippen LogP contribution in [0.3, 0.4) is 0 Å². The van der Waals surface area contributed by atoms with Crippen LogP contribution in [-0.2, 0) is 0 Å². The van der Waals surface area contributed by atoms with E-state index in [9.17, 15) is 10.1 Å². The van der Waals surface area contributed by atoms with E-state index in [1.165, 1.54) is 38.5 Å². The van der Waals surface area contributed by atoms with Crippen molar-refractivity contribution in [2.45, 2.75) is 6.42 Å². The van der Waals surface area contributed by atoms with E-state index in [-0.39, 0.29) is 5.69 Å². The van der Waals surface area contributed by atoms with Crippen LogP contribution in [0.2, 0.25) is 0 Å². The van der Waals surface area contributed by atoms with Crippen LogP contribution in [0.5, 0.6) is 11.5 Å². The third-order valence-corrected chi connectivity index (χ3v) is 5.30. The first-order valence-electron chi connectivity index (χ1n) is 11.2. The second-order valence-electron chi connectivity index (χ2n) is 7.76. The van der Waals surface area contributed by atoms with Crippen LogP contribution in [-0.4, -0.2) is 46.3 Å². The van der Waals surface area contributed by atoms with Crippen LogP contribution in [0.1, 0.15) is 6.42 Å². The Morgan fingerprint density at radius 1 is 0.861 bits per heavy atom. The highest BCUT2D eigenvalue weighted by Gasteiger charge is 2.12. The van der Waals surface area contributed by atoms with Gasteiger partial charge in [-0.3, -0.25) is 10.1 Å². The number of nitrogens with one attached hydrogen (secondary N) is 1. The maximum atomic E-state index is 10.8. The van der Waals surface area contributed by atoms with Crippen molar-refractivity contribution in [3.8, 4) is 11.5 Å². The second kappa shape index (κ2) is 12.9. The summed E-state index contributed by atoms with van der Waals surface area (Å²) >= 11 is 0. The third-order valence-electron chi connectivity index (χ3n) is 5.30. The fourth-order valence-electron chi connectivity index (χ4n) is 3.28. The third kappa shape index (κ3) is 7.06. The maximum absolute atomic E-state index is 10.8. The highest BCUT2D eigenvalue weighted by molar-refractivity contribution is 5.66. The van der Waals surface area contributed by atoms with Gasteiger partial charge in [-0.15, -0.1) is 10.2 Å². The Bertz CT molecular complexity index is 1210. The molecule has 0 aromatic heterocycles. The molecule has 1 N–H and O–H groups in total. The first-order valence-corrected chi connectivity index (χ1v) is 11.2. The Balaban J connectivity index is 1.76. The van der Waals surface area contributed by atoms with Gasteiger partial charge in [0.05, 0.1) is 30.5 Å². The molecular weight excluding hydrogens is 462 g/mol. The smallest absolute Gasteiger partial charge is 0.269 e. The Hall–Kier alpha value is -4.38. The lowest BCUT2D eigenvalue weighted by molar-refractivity contribution is -0.384. The molecule has 0 spiro atoms. The quantitative estimate of drug-likeness (QED) is 0.134. The molecule has 0 aliphatic carbocycles. The van der Waals surface area contributed by atoms with Gasteiger partial charge in [-0.1, -0.05) is 0 Å². The molecule has 0 aliphatic rings. The molecule has 3 aromatic rings. The highest BCUT2D eigenvalue weighted by Crippen LogP contribution is 2.41. The van der Waals surface area contributed by atoms with Gasteiger partial charge in [0, 0.05) is 43.5 Å². The van der Waals surface area contributed by atoms with Crippen molar-refractivity contribution in [1.29, 1.82) is 0 Å². The molecular formula is C25H29N7O4. The number of non-ortho nitro benzene ring substituents is 1. The monoisotopic (exact) mass is 491 g/mol. The summed E-state index contributed by atoms with van der Waals surface area (Å²) < 4.78 is 10.9. The van der Waals surface area contributed by atoms with Crippen molar-refractivity contribution >= 4 is 34.1 Å². The summed E-state index contributed by atoms with van der Waals surface area (Å²) in [6.45, 7) is 1.92. The highest BCUT2D eigenvalue weighted by atomic mass is 16.6. The molecule has 11 heteroatoms. The molecule has 0 saturated heterocycles. The number of nitro groups is 1. The van der Waals surface area contributed by atoms with Crippen LogP contribution < -0.4 is 19.7 Å². The van der Waals surface area contributed by atoms with Gasteiger partial charge in [0.15, 0.2) is 0 Å². The van der Waals surface area contributed by atoms with Gasteiger partial charge in [0.1, 0.15) is 22.9 Å². The first-order chi connectivity index (χ1) is 17.4. The minimum Gasteiger partial charge on any atom is -0.494 e.